The van der Waals surface area contributed by atoms with Gasteiger partial charge in [-0.1, -0.05) is 44.1 Å². The van der Waals surface area contributed by atoms with Gasteiger partial charge in [0.1, 0.15) is 17.1 Å². The number of para-hydroxylation sites is 1. The average Bonchev–Trinajstić information content (AvgIpc) is 3.52. The lowest BCUT2D eigenvalue weighted by Crippen LogP contribution is -2.33. The zero-order valence-electron chi connectivity index (χ0n) is 22.8. The number of sulfonamides is 1. The fourth-order valence-corrected chi connectivity index (χ4v) is 6.61. The lowest BCUT2D eigenvalue weighted by atomic mass is 10.2. The average molecular weight is 570 g/mol. The normalized spacial score (nSPS) is 11.8. The van der Waals surface area contributed by atoms with Crippen molar-refractivity contribution in [3.63, 3.8) is 0 Å². The number of ether oxygens (including phenoxy) is 1. The molecule has 0 unspecified atom stereocenters. The molecule has 2 heterocycles. The summed E-state index contributed by atoms with van der Waals surface area (Å²) in [5, 5.41) is 8.04. The van der Waals surface area contributed by atoms with Crippen LogP contribution in [0.15, 0.2) is 53.4 Å². The van der Waals surface area contributed by atoms with Crippen molar-refractivity contribution in [3.8, 4) is 10.9 Å². The number of nitrogens with one attached hydrogen (secondary N) is 1. The fraction of sp³-hybridized carbons (Fsp3) is 0.393. The van der Waals surface area contributed by atoms with Crippen LogP contribution in [0.1, 0.15) is 62.5 Å². The molecule has 0 aliphatic carbocycles. The van der Waals surface area contributed by atoms with Gasteiger partial charge in [0, 0.05) is 24.7 Å². The van der Waals surface area contributed by atoms with Crippen molar-refractivity contribution in [3.05, 3.63) is 59.8 Å². The van der Waals surface area contributed by atoms with Gasteiger partial charge in [-0.15, -0.1) is 0 Å². The van der Waals surface area contributed by atoms with Crippen molar-refractivity contribution in [1.82, 2.24) is 19.1 Å². The molecule has 0 aliphatic rings. The number of fused-ring (bicyclic) bond motifs is 1. The van der Waals surface area contributed by atoms with E-state index in [-0.39, 0.29) is 10.8 Å². The van der Waals surface area contributed by atoms with Gasteiger partial charge in [0.2, 0.25) is 15.2 Å². The zero-order valence-corrected chi connectivity index (χ0v) is 24.4. The highest BCUT2D eigenvalue weighted by Crippen LogP contribution is 2.33. The topological polar surface area (TPSA) is 106 Å². The van der Waals surface area contributed by atoms with Crippen LogP contribution in [0.2, 0.25) is 0 Å². The molecule has 2 aromatic heterocycles. The largest absolute Gasteiger partial charge is 0.492 e. The van der Waals surface area contributed by atoms with Crippen LogP contribution < -0.4 is 10.1 Å². The molecule has 11 heteroatoms. The van der Waals surface area contributed by atoms with Gasteiger partial charge in [-0.2, -0.15) is 14.1 Å². The standard InChI is InChI=1S/C28H35N5O4S2/c1-5-8-17-32(18-9-6-2)39(35,36)22-15-13-21(14-16-22)27(34)29-25-19-20(4)31-33(25)28-30-26-23(37-7-3)11-10-12-24(26)38-28/h10-16,19H,5-9,17-18H2,1-4H3,(H,29,34). The number of amides is 1. The van der Waals surface area contributed by atoms with E-state index < -0.39 is 10.0 Å². The number of aromatic nitrogens is 3. The molecular formula is C28H35N5O4S2. The van der Waals surface area contributed by atoms with Gasteiger partial charge in [0.15, 0.2) is 0 Å². The van der Waals surface area contributed by atoms with Gasteiger partial charge >= 0.3 is 0 Å². The Morgan fingerprint density at radius 3 is 2.38 bits per heavy atom. The minimum atomic E-state index is -3.64. The highest BCUT2D eigenvalue weighted by molar-refractivity contribution is 7.89. The Morgan fingerprint density at radius 2 is 1.74 bits per heavy atom. The highest BCUT2D eigenvalue weighted by atomic mass is 32.2. The van der Waals surface area contributed by atoms with Gasteiger partial charge in [-0.3, -0.25) is 4.79 Å². The van der Waals surface area contributed by atoms with Crippen molar-refractivity contribution < 1.29 is 17.9 Å². The molecule has 208 valence electrons. The van der Waals surface area contributed by atoms with E-state index in [1.807, 2.05) is 45.9 Å². The van der Waals surface area contributed by atoms with Crippen LogP contribution in [-0.4, -0.2) is 53.1 Å². The van der Waals surface area contributed by atoms with Crippen molar-refractivity contribution >= 4 is 43.3 Å². The second kappa shape index (κ2) is 12.7. The number of benzene rings is 2. The van der Waals surface area contributed by atoms with Gasteiger partial charge in [0.05, 0.1) is 21.9 Å². The van der Waals surface area contributed by atoms with E-state index in [4.69, 9.17) is 9.72 Å². The maximum absolute atomic E-state index is 13.3. The first-order valence-electron chi connectivity index (χ1n) is 13.3. The monoisotopic (exact) mass is 569 g/mol. The molecule has 0 atom stereocenters. The van der Waals surface area contributed by atoms with E-state index in [1.54, 1.807) is 27.2 Å². The molecule has 0 saturated heterocycles. The number of aryl methyl sites for hydroxylation is 1. The van der Waals surface area contributed by atoms with Crippen LogP contribution in [0.25, 0.3) is 15.3 Å². The molecule has 0 fully saturated rings. The maximum atomic E-state index is 13.3. The zero-order chi connectivity index (χ0) is 28.0. The summed E-state index contributed by atoms with van der Waals surface area (Å²) in [5.74, 6) is 0.798. The van der Waals surface area contributed by atoms with E-state index in [0.717, 1.165) is 41.6 Å². The second-order valence-corrected chi connectivity index (χ2v) is 12.2. The summed E-state index contributed by atoms with van der Waals surface area (Å²) in [4.78, 5) is 18.1. The Morgan fingerprint density at radius 1 is 1.05 bits per heavy atom. The quantitative estimate of drug-likeness (QED) is 0.211. The highest BCUT2D eigenvalue weighted by Gasteiger charge is 2.24. The van der Waals surface area contributed by atoms with Gasteiger partial charge in [-0.25, -0.2) is 13.4 Å². The molecule has 1 N–H and O–H groups in total. The molecule has 0 saturated carbocycles. The summed E-state index contributed by atoms with van der Waals surface area (Å²) in [6, 6.07) is 13.6. The van der Waals surface area contributed by atoms with E-state index in [9.17, 15) is 13.2 Å². The number of carbonyl (C=O) groups excluding carboxylic acids is 1. The molecule has 0 radical (unpaired) electrons. The third kappa shape index (κ3) is 6.48. The summed E-state index contributed by atoms with van der Waals surface area (Å²) < 4.78 is 36.3. The molecule has 0 aliphatic heterocycles. The van der Waals surface area contributed by atoms with Gasteiger partial charge in [-0.05, 0) is 63.1 Å². The number of unbranched alkanes of at least 4 members (excludes halogenated alkanes) is 2. The maximum Gasteiger partial charge on any atom is 0.256 e. The van der Waals surface area contributed by atoms with Crippen LogP contribution in [0.4, 0.5) is 5.82 Å². The molecule has 0 bridgehead atoms. The molecule has 2 aromatic carbocycles. The number of rotatable bonds is 13. The van der Waals surface area contributed by atoms with E-state index in [2.05, 4.69) is 10.4 Å². The molecular weight excluding hydrogens is 534 g/mol. The Hall–Kier alpha value is -3.28. The number of hydrogen-bond donors (Lipinski definition) is 1. The Labute approximate surface area is 233 Å². The molecule has 1 amide bonds. The molecule has 39 heavy (non-hydrogen) atoms. The van der Waals surface area contributed by atoms with Crippen molar-refractivity contribution in [2.45, 2.75) is 58.3 Å². The number of carbonyl (C=O) groups is 1. The SMILES string of the molecule is CCCCN(CCCC)S(=O)(=O)c1ccc(C(=O)Nc2cc(C)nn2-c2nc3c(OCC)cccc3s2)cc1. The Bertz CT molecular complexity index is 1520. The smallest absolute Gasteiger partial charge is 0.256 e. The number of hydrogen-bond acceptors (Lipinski definition) is 7. The summed E-state index contributed by atoms with van der Waals surface area (Å²) >= 11 is 1.45. The Balaban J connectivity index is 1.55. The third-order valence-corrected chi connectivity index (χ3v) is 9.11. The van der Waals surface area contributed by atoms with Gasteiger partial charge < -0.3 is 10.1 Å². The summed E-state index contributed by atoms with van der Waals surface area (Å²) in [5.41, 5.74) is 1.81. The third-order valence-electron chi connectivity index (χ3n) is 6.20. The predicted molar refractivity (Wildman–Crippen MR) is 156 cm³/mol. The van der Waals surface area contributed by atoms with Crippen LogP contribution in [0.5, 0.6) is 5.75 Å². The predicted octanol–water partition coefficient (Wildman–Crippen LogP) is 6.03. The second-order valence-electron chi connectivity index (χ2n) is 9.20. The van der Waals surface area contributed by atoms with E-state index >= 15 is 0 Å². The summed E-state index contributed by atoms with van der Waals surface area (Å²) in [6.07, 6.45) is 3.44. The van der Waals surface area contributed by atoms with Gasteiger partial charge in [0.25, 0.3) is 5.91 Å². The molecule has 4 rings (SSSR count). The minimum Gasteiger partial charge on any atom is -0.492 e. The fourth-order valence-electron chi connectivity index (χ4n) is 4.15. The van der Waals surface area contributed by atoms with Crippen LogP contribution in [0.3, 0.4) is 0 Å². The minimum absolute atomic E-state index is 0.187. The van der Waals surface area contributed by atoms with Crippen LogP contribution in [-0.2, 0) is 10.0 Å². The number of nitrogens with zero attached hydrogens (tertiary/aromatic N) is 4. The molecule has 0 spiro atoms. The molecule has 4 aromatic rings. The lowest BCUT2D eigenvalue weighted by molar-refractivity contribution is 0.102. The van der Waals surface area contributed by atoms with E-state index in [1.165, 1.54) is 23.5 Å². The van der Waals surface area contributed by atoms with Crippen molar-refractivity contribution in [2.24, 2.45) is 0 Å². The first kappa shape index (κ1) is 28.7. The molecule has 9 nitrogen and oxygen atoms in total. The van der Waals surface area contributed by atoms with Crippen molar-refractivity contribution in [2.75, 3.05) is 25.0 Å². The van der Waals surface area contributed by atoms with Crippen LogP contribution >= 0.6 is 11.3 Å². The lowest BCUT2D eigenvalue weighted by Gasteiger charge is -2.22. The Kier molecular flexibility index (Phi) is 9.36. The van der Waals surface area contributed by atoms with Crippen LogP contribution in [0, 0.1) is 6.92 Å². The number of anilines is 1. The summed E-state index contributed by atoms with van der Waals surface area (Å²) in [6.45, 7) is 9.36. The van der Waals surface area contributed by atoms with E-state index in [0.29, 0.717) is 42.0 Å². The van der Waals surface area contributed by atoms with Crippen molar-refractivity contribution in [1.29, 1.82) is 0 Å². The first-order chi connectivity index (χ1) is 18.8. The first-order valence-corrected chi connectivity index (χ1v) is 15.5. The number of thiazole rings is 1. The summed E-state index contributed by atoms with van der Waals surface area (Å²) in [7, 11) is -3.64.